The van der Waals surface area contributed by atoms with Gasteiger partial charge in [-0.05, 0) is 36.6 Å². The molecule has 0 spiro atoms. The zero-order valence-electron chi connectivity index (χ0n) is 11.4. The van der Waals surface area contributed by atoms with Gasteiger partial charge in [0, 0.05) is 17.5 Å². The van der Waals surface area contributed by atoms with Crippen molar-refractivity contribution in [1.29, 1.82) is 0 Å². The lowest BCUT2D eigenvalue weighted by atomic mass is 10.2. The summed E-state index contributed by atoms with van der Waals surface area (Å²) in [5, 5.41) is 3.35. The summed E-state index contributed by atoms with van der Waals surface area (Å²) in [5.74, 6) is 1.38. The highest BCUT2D eigenvalue weighted by atomic mass is 32.1. The van der Waals surface area contributed by atoms with Crippen LogP contribution < -0.4 is 10.5 Å². The Hall–Kier alpha value is -1.55. The van der Waals surface area contributed by atoms with E-state index < -0.39 is 0 Å². The maximum absolute atomic E-state index is 5.66. The van der Waals surface area contributed by atoms with Crippen LogP contribution >= 0.6 is 11.3 Å². The number of thiazole rings is 1. The quantitative estimate of drug-likeness (QED) is 0.644. The van der Waals surface area contributed by atoms with Gasteiger partial charge in [-0.1, -0.05) is 13.8 Å². The summed E-state index contributed by atoms with van der Waals surface area (Å²) in [6.45, 7) is 5.05. The van der Waals surface area contributed by atoms with Crippen molar-refractivity contribution < 1.29 is 4.74 Å². The largest absolute Gasteiger partial charge is 0.494 e. The smallest absolute Gasteiger partial charge is 0.119 e. The molecule has 0 atom stereocenters. The van der Waals surface area contributed by atoms with Crippen LogP contribution in [0.15, 0.2) is 29.6 Å². The molecule has 0 aliphatic rings. The van der Waals surface area contributed by atoms with E-state index in [2.05, 4.69) is 24.2 Å². The van der Waals surface area contributed by atoms with Gasteiger partial charge in [-0.15, -0.1) is 11.3 Å². The molecule has 0 radical (unpaired) electrons. The van der Waals surface area contributed by atoms with Gasteiger partial charge >= 0.3 is 0 Å². The van der Waals surface area contributed by atoms with Crippen LogP contribution in [0, 0.1) is 0 Å². The molecule has 0 amide bonds. The number of aryl methyl sites for hydroxylation is 1. The predicted octanol–water partition coefficient (Wildman–Crippen LogP) is 3.86. The second kappa shape index (κ2) is 6.57. The number of nitrogens with two attached hydrogens (primary N) is 1. The molecule has 4 heteroatoms. The Balaban J connectivity index is 1.72. The average Bonchev–Trinajstić information content (AvgIpc) is 2.86. The minimum absolute atomic E-state index is 0.510. The van der Waals surface area contributed by atoms with Crippen LogP contribution in [-0.4, -0.2) is 11.6 Å². The molecule has 1 aromatic carbocycles. The first-order valence-corrected chi connectivity index (χ1v) is 7.46. The number of ether oxygens (including phenoxy) is 1. The van der Waals surface area contributed by atoms with Crippen molar-refractivity contribution in [1.82, 2.24) is 4.98 Å². The number of nitrogen functional groups attached to an aromatic ring is 1. The molecule has 0 saturated carbocycles. The minimum Gasteiger partial charge on any atom is -0.494 e. The molecule has 0 bridgehead atoms. The van der Waals surface area contributed by atoms with E-state index in [1.165, 1.54) is 10.7 Å². The number of rotatable bonds is 6. The Morgan fingerprint density at radius 1 is 1.26 bits per heavy atom. The monoisotopic (exact) mass is 276 g/mol. The fourth-order valence-electron chi connectivity index (χ4n) is 1.68. The van der Waals surface area contributed by atoms with Crippen molar-refractivity contribution in [3.63, 3.8) is 0 Å². The van der Waals surface area contributed by atoms with E-state index >= 15 is 0 Å². The Morgan fingerprint density at radius 2 is 2.00 bits per heavy atom. The number of nitrogens with zero attached hydrogens (tertiary/aromatic N) is 1. The molecule has 0 aliphatic heterocycles. The van der Waals surface area contributed by atoms with E-state index in [4.69, 9.17) is 10.5 Å². The van der Waals surface area contributed by atoms with E-state index in [-0.39, 0.29) is 0 Å². The maximum atomic E-state index is 5.66. The Kier molecular flexibility index (Phi) is 4.80. The van der Waals surface area contributed by atoms with Crippen molar-refractivity contribution in [3.8, 4) is 5.75 Å². The van der Waals surface area contributed by atoms with Crippen LogP contribution in [0.5, 0.6) is 5.75 Å². The number of hydrogen-bond acceptors (Lipinski definition) is 4. The summed E-state index contributed by atoms with van der Waals surface area (Å²) < 4.78 is 5.66. The molecule has 0 saturated heterocycles. The van der Waals surface area contributed by atoms with Gasteiger partial charge in [0.1, 0.15) is 5.75 Å². The molecular formula is C15H20N2OS. The second-order valence-corrected chi connectivity index (χ2v) is 5.78. The Labute approximate surface area is 118 Å². The normalized spacial score (nSPS) is 10.9. The van der Waals surface area contributed by atoms with Gasteiger partial charge in [-0.3, -0.25) is 0 Å². The summed E-state index contributed by atoms with van der Waals surface area (Å²) >= 11 is 1.74. The molecule has 2 rings (SSSR count). The van der Waals surface area contributed by atoms with Gasteiger partial charge < -0.3 is 10.5 Å². The molecule has 0 aliphatic carbocycles. The first kappa shape index (κ1) is 13.9. The van der Waals surface area contributed by atoms with Crippen molar-refractivity contribution in [2.75, 3.05) is 12.3 Å². The fraction of sp³-hybridized carbons (Fsp3) is 0.400. The van der Waals surface area contributed by atoms with Gasteiger partial charge in [0.25, 0.3) is 0 Å². The highest BCUT2D eigenvalue weighted by molar-refractivity contribution is 7.09. The van der Waals surface area contributed by atoms with Gasteiger partial charge in [-0.2, -0.15) is 0 Å². The lowest BCUT2D eigenvalue weighted by molar-refractivity contribution is 0.311. The molecule has 102 valence electrons. The highest BCUT2D eigenvalue weighted by Crippen LogP contribution is 2.19. The van der Waals surface area contributed by atoms with Crippen LogP contribution in [0.4, 0.5) is 5.69 Å². The minimum atomic E-state index is 0.510. The molecule has 1 aromatic heterocycles. The third-order valence-corrected chi connectivity index (χ3v) is 3.77. The van der Waals surface area contributed by atoms with Crippen LogP contribution in [0.2, 0.25) is 0 Å². The molecule has 2 N–H and O–H groups in total. The van der Waals surface area contributed by atoms with Gasteiger partial charge in [0.2, 0.25) is 0 Å². The second-order valence-electron chi connectivity index (χ2n) is 4.84. The molecule has 2 aromatic rings. The van der Waals surface area contributed by atoms with Gasteiger partial charge in [0.05, 0.1) is 17.3 Å². The highest BCUT2D eigenvalue weighted by Gasteiger charge is 2.05. The lowest BCUT2D eigenvalue weighted by Crippen LogP contribution is -1.99. The fourth-order valence-corrected chi connectivity index (χ4v) is 2.68. The molecule has 1 heterocycles. The summed E-state index contributed by atoms with van der Waals surface area (Å²) in [6, 6.07) is 7.50. The third kappa shape index (κ3) is 4.24. The third-order valence-electron chi connectivity index (χ3n) is 2.84. The predicted molar refractivity (Wildman–Crippen MR) is 80.9 cm³/mol. The first-order chi connectivity index (χ1) is 9.15. The molecular weight excluding hydrogens is 256 g/mol. The van der Waals surface area contributed by atoms with Crippen LogP contribution in [0.3, 0.4) is 0 Å². The first-order valence-electron chi connectivity index (χ1n) is 6.58. The molecule has 19 heavy (non-hydrogen) atoms. The molecule has 0 unspecified atom stereocenters. The van der Waals surface area contributed by atoms with E-state index in [1.54, 1.807) is 11.3 Å². The topological polar surface area (TPSA) is 48.1 Å². The number of aromatic nitrogens is 1. The Bertz CT molecular complexity index is 505. The summed E-state index contributed by atoms with van der Waals surface area (Å²) in [7, 11) is 0. The summed E-state index contributed by atoms with van der Waals surface area (Å²) in [5.41, 5.74) is 7.58. The number of benzene rings is 1. The molecule has 3 nitrogen and oxygen atoms in total. The molecule has 0 fully saturated rings. The summed E-state index contributed by atoms with van der Waals surface area (Å²) in [6.07, 6.45) is 1.96. The van der Waals surface area contributed by atoms with Crippen molar-refractivity contribution in [2.45, 2.75) is 32.6 Å². The SMILES string of the molecule is CC(C)c1csc(CCCOc2ccc(N)cc2)n1. The van der Waals surface area contributed by atoms with E-state index in [0.29, 0.717) is 12.5 Å². The van der Waals surface area contributed by atoms with Gasteiger partial charge in [0.15, 0.2) is 0 Å². The van der Waals surface area contributed by atoms with Crippen LogP contribution in [-0.2, 0) is 6.42 Å². The van der Waals surface area contributed by atoms with Gasteiger partial charge in [-0.25, -0.2) is 4.98 Å². The number of anilines is 1. The number of hydrogen-bond donors (Lipinski definition) is 1. The van der Waals surface area contributed by atoms with E-state index in [1.807, 2.05) is 24.3 Å². The lowest BCUT2D eigenvalue weighted by Gasteiger charge is -2.05. The maximum Gasteiger partial charge on any atom is 0.119 e. The van der Waals surface area contributed by atoms with E-state index in [0.717, 1.165) is 24.3 Å². The van der Waals surface area contributed by atoms with Crippen molar-refractivity contribution in [3.05, 3.63) is 40.3 Å². The van der Waals surface area contributed by atoms with Crippen molar-refractivity contribution in [2.24, 2.45) is 0 Å². The average molecular weight is 276 g/mol. The van der Waals surface area contributed by atoms with E-state index in [9.17, 15) is 0 Å². The standard InChI is InChI=1S/C15H20N2OS/c1-11(2)14-10-19-15(17-14)4-3-9-18-13-7-5-12(16)6-8-13/h5-8,10-11H,3-4,9,16H2,1-2H3. The Morgan fingerprint density at radius 3 is 2.63 bits per heavy atom. The zero-order valence-corrected chi connectivity index (χ0v) is 12.2. The van der Waals surface area contributed by atoms with Crippen LogP contribution in [0.1, 0.15) is 36.9 Å². The summed E-state index contributed by atoms with van der Waals surface area (Å²) in [4.78, 5) is 4.61. The van der Waals surface area contributed by atoms with Crippen molar-refractivity contribution >= 4 is 17.0 Å². The zero-order chi connectivity index (χ0) is 13.7. The van der Waals surface area contributed by atoms with Crippen LogP contribution in [0.25, 0.3) is 0 Å².